The van der Waals surface area contributed by atoms with Crippen molar-refractivity contribution >= 4 is 17.2 Å². The largest absolute Gasteiger partial charge is 0.383 e. The van der Waals surface area contributed by atoms with Gasteiger partial charge in [0.25, 0.3) is 0 Å². The first kappa shape index (κ1) is 14.1. The van der Waals surface area contributed by atoms with Crippen LogP contribution < -0.4 is 5.32 Å². The molecular weight excluding hydrogens is 238 g/mol. The van der Waals surface area contributed by atoms with E-state index in [1.807, 2.05) is 6.92 Å². The minimum Gasteiger partial charge on any atom is -0.383 e. The predicted octanol–water partition coefficient (Wildman–Crippen LogP) is 0.646. The van der Waals surface area contributed by atoms with E-state index < -0.39 is 0 Å². The molecule has 17 heavy (non-hydrogen) atoms. The minimum atomic E-state index is 0.0777. The molecule has 0 saturated heterocycles. The Hall–Kier alpha value is -0.980. The maximum atomic E-state index is 11.8. The third-order valence-corrected chi connectivity index (χ3v) is 3.33. The summed E-state index contributed by atoms with van der Waals surface area (Å²) in [5, 5.41) is 3.03. The number of carbonyl (C=O) groups is 1. The van der Waals surface area contributed by atoms with Gasteiger partial charge in [-0.15, -0.1) is 11.3 Å². The summed E-state index contributed by atoms with van der Waals surface area (Å²) in [5.41, 5.74) is 2.81. The summed E-state index contributed by atoms with van der Waals surface area (Å²) >= 11 is 1.58. The Morgan fingerprint density at radius 1 is 1.65 bits per heavy atom. The van der Waals surface area contributed by atoms with Crippen LogP contribution in [0.5, 0.6) is 0 Å². The molecule has 0 aliphatic rings. The van der Waals surface area contributed by atoms with E-state index in [0.29, 0.717) is 26.2 Å². The lowest BCUT2D eigenvalue weighted by Gasteiger charge is -2.16. The summed E-state index contributed by atoms with van der Waals surface area (Å²) in [4.78, 5) is 18.8. The molecule has 1 aromatic rings. The Bertz CT molecular complexity index is 354. The third-order valence-electron chi connectivity index (χ3n) is 2.41. The number of amides is 1. The van der Waals surface area contributed by atoms with E-state index in [2.05, 4.69) is 10.3 Å². The summed E-state index contributed by atoms with van der Waals surface area (Å²) in [6.45, 7) is 4.24. The molecule has 0 radical (unpaired) electrons. The summed E-state index contributed by atoms with van der Waals surface area (Å²) in [6, 6.07) is 0. The number of ether oxygens (including phenoxy) is 1. The van der Waals surface area contributed by atoms with Crippen molar-refractivity contribution < 1.29 is 9.53 Å². The van der Waals surface area contributed by atoms with Gasteiger partial charge in [0, 0.05) is 25.6 Å². The number of likely N-dealkylation sites (N-methyl/N-ethyl adjacent to an activating group) is 1. The zero-order valence-electron chi connectivity index (χ0n) is 10.5. The lowest BCUT2D eigenvalue weighted by atomic mass is 10.3. The summed E-state index contributed by atoms with van der Waals surface area (Å²) in [6.07, 6.45) is 0. The molecule has 96 valence electrons. The van der Waals surface area contributed by atoms with E-state index in [4.69, 9.17) is 4.74 Å². The summed E-state index contributed by atoms with van der Waals surface area (Å²) < 4.78 is 4.89. The minimum absolute atomic E-state index is 0.0777. The monoisotopic (exact) mass is 257 g/mol. The maximum Gasteiger partial charge on any atom is 0.236 e. The molecule has 1 aromatic heterocycles. The molecule has 1 N–H and O–H groups in total. The van der Waals surface area contributed by atoms with Crippen LogP contribution >= 0.6 is 11.3 Å². The van der Waals surface area contributed by atoms with E-state index in [1.54, 1.807) is 35.9 Å². The van der Waals surface area contributed by atoms with Crippen LogP contribution in [0.15, 0.2) is 5.51 Å². The maximum absolute atomic E-state index is 11.8. The molecule has 5 nitrogen and oxygen atoms in total. The Kier molecular flexibility index (Phi) is 6.10. The average molecular weight is 257 g/mol. The number of thiazole rings is 1. The van der Waals surface area contributed by atoms with Crippen LogP contribution in [0.3, 0.4) is 0 Å². The van der Waals surface area contributed by atoms with E-state index in [-0.39, 0.29) is 5.91 Å². The molecule has 1 amide bonds. The highest BCUT2D eigenvalue weighted by atomic mass is 32.1. The number of rotatable bonds is 7. The fourth-order valence-electron chi connectivity index (χ4n) is 1.29. The average Bonchev–Trinajstić information content (AvgIpc) is 2.70. The van der Waals surface area contributed by atoms with Crippen molar-refractivity contribution in [1.82, 2.24) is 15.2 Å². The van der Waals surface area contributed by atoms with Crippen molar-refractivity contribution in [1.29, 1.82) is 0 Å². The van der Waals surface area contributed by atoms with Crippen LogP contribution in [0.4, 0.5) is 0 Å². The molecule has 1 heterocycles. The first-order valence-corrected chi connectivity index (χ1v) is 6.35. The van der Waals surface area contributed by atoms with Gasteiger partial charge < -0.3 is 15.0 Å². The number of hydrogen-bond donors (Lipinski definition) is 1. The van der Waals surface area contributed by atoms with E-state index in [0.717, 1.165) is 10.6 Å². The van der Waals surface area contributed by atoms with Gasteiger partial charge >= 0.3 is 0 Å². The number of nitrogens with zero attached hydrogens (tertiary/aromatic N) is 2. The zero-order valence-corrected chi connectivity index (χ0v) is 11.3. The number of aryl methyl sites for hydroxylation is 1. The van der Waals surface area contributed by atoms with Crippen LogP contribution in [0, 0.1) is 6.92 Å². The molecule has 0 bridgehead atoms. The fourth-order valence-corrected chi connectivity index (χ4v) is 2.12. The number of aromatic nitrogens is 1. The Labute approximate surface area is 106 Å². The molecule has 0 aliphatic carbocycles. The third kappa shape index (κ3) is 4.80. The van der Waals surface area contributed by atoms with Crippen LogP contribution in [0.2, 0.25) is 0 Å². The smallest absolute Gasteiger partial charge is 0.236 e. The van der Waals surface area contributed by atoms with E-state index >= 15 is 0 Å². The molecule has 0 spiro atoms. The van der Waals surface area contributed by atoms with Crippen LogP contribution in [0.25, 0.3) is 0 Å². The second-order valence-corrected chi connectivity index (χ2v) is 4.72. The second-order valence-electron chi connectivity index (χ2n) is 3.78. The van der Waals surface area contributed by atoms with Crippen LogP contribution in [0.1, 0.15) is 10.6 Å². The molecule has 0 saturated carbocycles. The van der Waals surface area contributed by atoms with Crippen molar-refractivity contribution in [2.45, 2.75) is 13.5 Å². The van der Waals surface area contributed by atoms with Gasteiger partial charge in [0.05, 0.1) is 30.9 Å². The van der Waals surface area contributed by atoms with Crippen molar-refractivity contribution in [3.05, 3.63) is 16.1 Å². The highest BCUT2D eigenvalue weighted by Crippen LogP contribution is 2.13. The van der Waals surface area contributed by atoms with Gasteiger partial charge in [0.1, 0.15) is 0 Å². The SMILES string of the molecule is COCCNCC(=O)N(C)Cc1scnc1C. The normalized spacial score (nSPS) is 10.5. The number of hydrogen-bond acceptors (Lipinski definition) is 5. The lowest BCUT2D eigenvalue weighted by molar-refractivity contribution is -0.129. The number of carbonyl (C=O) groups excluding carboxylic acids is 1. The topological polar surface area (TPSA) is 54.5 Å². The molecular formula is C11H19N3O2S. The second kappa shape index (κ2) is 7.37. The van der Waals surface area contributed by atoms with Crippen molar-refractivity contribution in [3.63, 3.8) is 0 Å². The molecule has 6 heteroatoms. The van der Waals surface area contributed by atoms with Gasteiger partial charge in [-0.05, 0) is 6.92 Å². The van der Waals surface area contributed by atoms with Crippen molar-refractivity contribution in [2.24, 2.45) is 0 Å². The van der Waals surface area contributed by atoms with Gasteiger partial charge in [0.2, 0.25) is 5.91 Å². The molecule has 0 aromatic carbocycles. The molecule has 0 atom stereocenters. The van der Waals surface area contributed by atoms with Crippen LogP contribution in [-0.2, 0) is 16.1 Å². The van der Waals surface area contributed by atoms with Crippen molar-refractivity contribution in [3.8, 4) is 0 Å². The fraction of sp³-hybridized carbons (Fsp3) is 0.636. The van der Waals surface area contributed by atoms with Crippen LogP contribution in [-0.4, -0.2) is 49.6 Å². The van der Waals surface area contributed by atoms with E-state index in [9.17, 15) is 4.79 Å². The van der Waals surface area contributed by atoms with Gasteiger partial charge in [-0.25, -0.2) is 4.98 Å². The first-order chi connectivity index (χ1) is 8.15. The van der Waals surface area contributed by atoms with Gasteiger partial charge in [-0.3, -0.25) is 4.79 Å². The predicted molar refractivity (Wildman–Crippen MR) is 68.1 cm³/mol. The summed E-state index contributed by atoms with van der Waals surface area (Å²) in [7, 11) is 3.45. The molecule has 0 unspecified atom stereocenters. The Balaban J connectivity index is 2.30. The molecule has 0 aliphatic heterocycles. The number of nitrogens with one attached hydrogen (secondary N) is 1. The number of methoxy groups -OCH3 is 1. The van der Waals surface area contributed by atoms with Crippen molar-refractivity contribution in [2.75, 3.05) is 33.9 Å². The van der Waals surface area contributed by atoms with E-state index in [1.165, 1.54) is 0 Å². The Morgan fingerprint density at radius 3 is 3.00 bits per heavy atom. The van der Waals surface area contributed by atoms with Gasteiger partial charge in [-0.1, -0.05) is 0 Å². The zero-order chi connectivity index (χ0) is 12.7. The highest BCUT2D eigenvalue weighted by Gasteiger charge is 2.11. The first-order valence-electron chi connectivity index (χ1n) is 5.47. The quantitative estimate of drug-likeness (QED) is 0.729. The standard InChI is InChI=1S/C11H19N3O2S/c1-9-10(17-8-13-9)7-14(2)11(15)6-12-4-5-16-3/h8,12H,4-7H2,1-3H3. The van der Waals surface area contributed by atoms with Gasteiger partial charge in [0.15, 0.2) is 0 Å². The summed E-state index contributed by atoms with van der Waals surface area (Å²) in [5.74, 6) is 0.0777. The molecule has 1 rings (SSSR count). The Morgan fingerprint density at radius 2 is 2.41 bits per heavy atom. The lowest BCUT2D eigenvalue weighted by Crippen LogP contribution is -2.36. The van der Waals surface area contributed by atoms with Gasteiger partial charge in [-0.2, -0.15) is 0 Å². The molecule has 0 fully saturated rings. The highest BCUT2D eigenvalue weighted by molar-refractivity contribution is 7.09.